The van der Waals surface area contributed by atoms with Crippen LogP contribution in [0.3, 0.4) is 0 Å². The molecule has 1 spiro atoms. The van der Waals surface area contributed by atoms with E-state index >= 15 is 0 Å². The number of benzene rings is 1. The fraction of sp³-hybridized carbons (Fsp3) is 0.524. The molecule has 0 unspecified atom stereocenters. The average Bonchev–Trinajstić information content (AvgIpc) is 3.21. The van der Waals surface area contributed by atoms with Crippen LogP contribution in [-0.4, -0.2) is 74.0 Å². The summed E-state index contributed by atoms with van der Waals surface area (Å²) in [6, 6.07) is 10.6. The summed E-state index contributed by atoms with van der Waals surface area (Å²) in [5.41, 5.74) is 2.31. The molecule has 2 atom stereocenters. The van der Waals surface area contributed by atoms with Crippen LogP contribution in [0.2, 0.25) is 0 Å². The van der Waals surface area contributed by atoms with Crippen LogP contribution in [0, 0.1) is 0 Å². The normalized spacial score (nSPS) is 23.9. The fourth-order valence-electron chi connectivity index (χ4n) is 4.08. The van der Waals surface area contributed by atoms with E-state index in [-0.39, 0.29) is 18.7 Å². The van der Waals surface area contributed by atoms with Crippen molar-refractivity contribution in [1.82, 2.24) is 14.7 Å². The molecule has 158 valence electrons. The molecule has 2 fully saturated rings. The monoisotopic (exact) mass is 403 g/mol. The molecule has 0 bridgehead atoms. The van der Waals surface area contributed by atoms with E-state index in [2.05, 4.69) is 34.3 Å². The highest BCUT2D eigenvalue weighted by atomic mass is 16.5. The number of aromatic nitrogens is 2. The van der Waals surface area contributed by atoms with E-state index in [1.54, 1.807) is 6.20 Å². The second-order valence-corrected chi connectivity index (χ2v) is 7.74. The van der Waals surface area contributed by atoms with Gasteiger partial charge in [0.25, 0.3) is 6.47 Å². The first-order valence-corrected chi connectivity index (χ1v) is 9.89. The van der Waals surface area contributed by atoms with Gasteiger partial charge in [-0.25, -0.2) is 0 Å². The maximum absolute atomic E-state index is 9.98. The van der Waals surface area contributed by atoms with Gasteiger partial charge < -0.3 is 20.1 Å². The van der Waals surface area contributed by atoms with E-state index in [1.807, 2.05) is 16.9 Å². The number of likely N-dealkylation sites (tertiary alicyclic amines) is 1. The molecular formula is C21H29N3O5. The fourth-order valence-corrected chi connectivity index (χ4v) is 4.08. The summed E-state index contributed by atoms with van der Waals surface area (Å²) in [5.74, 6) is 0. The second-order valence-electron chi connectivity index (χ2n) is 7.74. The van der Waals surface area contributed by atoms with Gasteiger partial charge in [0, 0.05) is 38.4 Å². The quantitative estimate of drug-likeness (QED) is 0.656. The number of piperidine rings is 1. The summed E-state index contributed by atoms with van der Waals surface area (Å²) in [7, 11) is 0. The highest BCUT2D eigenvalue weighted by Gasteiger charge is 2.42. The van der Waals surface area contributed by atoms with E-state index in [9.17, 15) is 10.2 Å². The Hall–Kier alpha value is -2.26. The molecule has 2 aromatic rings. The zero-order valence-electron chi connectivity index (χ0n) is 16.4. The van der Waals surface area contributed by atoms with Crippen molar-refractivity contribution in [1.29, 1.82) is 0 Å². The maximum atomic E-state index is 9.98. The lowest BCUT2D eigenvalue weighted by molar-refractivity contribution is -0.188. The molecule has 8 heteroatoms. The number of aliphatic hydroxyl groups excluding tert-OH is 2. The molecular weight excluding hydrogens is 374 g/mol. The number of hydrogen-bond acceptors (Lipinski definition) is 6. The van der Waals surface area contributed by atoms with Crippen LogP contribution >= 0.6 is 0 Å². The molecule has 0 radical (unpaired) electrons. The summed E-state index contributed by atoms with van der Waals surface area (Å²) in [5, 5.41) is 30.8. The number of carbonyl (C=O) groups is 1. The molecule has 8 nitrogen and oxygen atoms in total. The summed E-state index contributed by atoms with van der Waals surface area (Å²) < 4.78 is 7.85. The summed E-state index contributed by atoms with van der Waals surface area (Å²) in [4.78, 5) is 10.8. The van der Waals surface area contributed by atoms with Gasteiger partial charge in [-0.05, 0) is 30.0 Å². The Labute approximate surface area is 170 Å². The molecule has 29 heavy (non-hydrogen) atoms. The van der Waals surface area contributed by atoms with Gasteiger partial charge in [0.15, 0.2) is 0 Å². The predicted octanol–water partition coefficient (Wildman–Crippen LogP) is 1.11. The van der Waals surface area contributed by atoms with Crippen molar-refractivity contribution >= 4 is 6.47 Å². The third kappa shape index (κ3) is 5.86. The number of carboxylic acid groups (broad SMARTS) is 1. The maximum Gasteiger partial charge on any atom is 0.290 e. The van der Waals surface area contributed by atoms with Crippen molar-refractivity contribution in [2.75, 3.05) is 19.7 Å². The van der Waals surface area contributed by atoms with Gasteiger partial charge in [-0.2, -0.15) is 5.10 Å². The topological polar surface area (TPSA) is 108 Å². The van der Waals surface area contributed by atoms with Crippen LogP contribution in [0.1, 0.15) is 30.4 Å². The molecule has 3 N–H and O–H groups in total. The van der Waals surface area contributed by atoms with E-state index < -0.39 is 12.2 Å². The molecule has 1 aromatic carbocycles. The minimum absolute atomic E-state index is 0.247. The van der Waals surface area contributed by atoms with Crippen LogP contribution in [0.25, 0.3) is 0 Å². The molecule has 0 aliphatic carbocycles. The first kappa shape index (κ1) is 21.4. The highest BCUT2D eigenvalue weighted by molar-refractivity contribution is 5.32. The Balaban J connectivity index is 0.000000755. The largest absolute Gasteiger partial charge is 0.483 e. The van der Waals surface area contributed by atoms with Crippen molar-refractivity contribution in [3.05, 3.63) is 53.9 Å². The van der Waals surface area contributed by atoms with Gasteiger partial charge in [0.05, 0.1) is 24.9 Å². The molecule has 3 heterocycles. The Kier molecular flexibility index (Phi) is 7.38. The molecule has 1 aromatic heterocycles. The van der Waals surface area contributed by atoms with Crippen molar-refractivity contribution < 1.29 is 24.9 Å². The van der Waals surface area contributed by atoms with Crippen LogP contribution in [-0.2, 0) is 22.6 Å². The van der Waals surface area contributed by atoms with E-state index in [0.717, 1.165) is 39.0 Å². The van der Waals surface area contributed by atoms with E-state index in [0.29, 0.717) is 6.42 Å². The molecule has 2 aliphatic rings. The van der Waals surface area contributed by atoms with Crippen LogP contribution in [0.5, 0.6) is 0 Å². The average molecular weight is 403 g/mol. The lowest BCUT2D eigenvalue weighted by Gasteiger charge is -2.46. The van der Waals surface area contributed by atoms with Gasteiger partial charge in [0.1, 0.15) is 6.10 Å². The smallest absolute Gasteiger partial charge is 0.290 e. The number of aliphatic hydroxyl groups is 2. The van der Waals surface area contributed by atoms with Crippen LogP contribution < -0.4 is 0 Å². The first-order chi connectivity index (χ1) is 14.0. The second kappa shape index (κ2) is 9.98. The molecule has 0 amide bonds. The molecule has 4 rings (SSSR count). The number of hydrogen-bond donors (Lipinski definition) is 3. The Bertz CT molecular complexity index is 759. The Morgan fingerprint density at radius 2 is 1.83 bits per heavy atom. The lowest BCUT2D eigenvalue weighted by Crippen LogP contribution is -2.54. The van der Waals surface area contributed by atoms with Crippen molar-refractivity contribution in [2.24, 2.45) is 0 Å². The lowest BCUT2D eigenvalue weighted by atomic mass is 9.82. The Morgan fingerprint density at radius 3 is 2.45 bits per heavy atom. The number of ether oxygens (including phenoxy) is 1. The van der Waals surface area contributed by atoms with Crippen LogP contribution in [0.15, 0.2) is 42.7 Å². The molecule has 2 saturated heterocycles. The SMILES string of the molecule is O=CO.O[C@@H]1CC2(CCN(Cc3cccc(Cn4cccn4)c3)CC2)OC[C@@H]1O. The summed E-state index contributed by atoms with van der Waals surface area (Å²) >= 11 is 0. The van der Waals surface area contributed by atoms with Gasteiger partial charge in [-0.15, -0.1) is 0 Å². The zero-order chi connectivity index (χ0) is 20.7. The summed E-state index contributed by atoms with van der Waals surface area (Å²) in [6.07, 6.45) is 4.74. The van der Waals surface area contributed by atoms with E-state index in [4.69, 9.17) is 14.6 Å². The minimum atomic E-state index is -0.740. The van der Waals surface area contributed by atoms with Crippen molar-refractivity contribution in [2.45, 2.75) is 50.2 Å². The van der Waals surface area contributed by atoms with E-state index in [1.165, 1.54) is 11.1 Å². The minimum Gasteiger partial charge on any atom is -0.483 e. The molecule has 0 saturated carbocycles. The van der Waals surface area contributed by atoms with Crippen LogP contribution in [0.4, 0.5) is 0 Å². The third-order valence-corrected chi connectivity index (χ3v) is 5.65. The first-order valence-electron chi connectivity index (χ1n) is 9.89. The highest BCUT2D eigenvalue weighted by Crippen LogP contribution is 2.35. The van der Waals surface area contributed by atoms with Gasteiger partial charge >= 0.3 is 0 Å². The number of rotatable bonds is 4. The summed E-state index contributed by atoms with van der Waals surface area (Å²) in [6.45, 7) is 3.61. The van der Waals surface area contributed by atoms with Gasteiger partial charge in [-0.1, -0.05) is 24.3 Å². The standard InChI is InChI=1S/C20H27N3O3.CH2O2/c24-18-12-20(26-15-19(18)25)5-9-22(10-6-20)13-16-3-1-4-17(11-16)14-23-8-2-7-21-23;2-1-3/h1-4,7-8,11,18-19,24-25H,5-6,9-10,12-15H2;1H,(H,2,3)/t18-,19+;/m1./s1. The molecule has 2 aliphatic heterocycles. The Morgan fingerprint density at radius 1 is 1.14 bits per heavy atom. The zero-order valence-corrected chi connectivity index (χ0v) is 16.4. The third-order valence-electron chi connectivity index (χ3n) is 5.65. The van der Waals surface area contributed by atoms with Gasteiger partial charge in [0.2, 0.25) is 0 Å². The van der Waals surface area contributed by atoms with Gasteiger partial charge in [-0.3, -0.25) is 14.4 Å². The predicted molar refractivity (Wildman–Crippen MR) is 106 cm³/mol. The number of nitrogens with zero attached hydrogens (tertiary/aromatic N) is 3. The van der Waals surface area contributed by atoms with Crippen molar-refractivity contribution in [3.63, 3.8) is 0 Å². The van der Waals surface area contributed by atoms with Crippen molar-refractivity contribution in [3.8, 4) is 0 Å².